The Bertz CT molecular complexity index is 1040. The van der Waals surface area contributed by atoms with E-state index in [2.05, 4.69) is 54.5 Å². The number of nitrogens with one attached hydrogen (secondary N) is 1. The molecule has 1 atom stereocenters. The zero-order valence-electron chi connectivity index (χ0n) is 20.4. The molecule has 1 aliphatic carbocycles. The number of benzene rings is 1. The molecule has 2 aromatic rings. The molecule has 1 unspecified atom stereocenters. The molecule has 3 aliphatic rings. The number of ether oxygens (including phenoxy) is 2. The van der Waals surface area contributed by atoms with Crippen molar-refractivity contribution in [3.63, 3.8) is 0 Å². The van der Waals surface area contributed by atoms with Crippen molar-refractivity contribution in [3.8, 4) is 0 Å². The Morgan fingerprint density at radius 1 is 1.21 bits per heavy atom. The molecular weight excluding hydrogens is 414 g/mol. The summed E-state index contributed by atoms with van der Waals surface area (Å²) in [6.07, 6.45) is 4.83. The van der Waals surface area contributed by atoms with Gasteiger partial charge in [-0.15, -0.1) is 0 Å². The fourth-order valence-corrected chi connectivity index (χ4v) is 4.11. The molecule has 2 aliphatic heterocycles. The lowest BCUT2D eigenvalue weighted by molar-refractivity contribution is 0.0229. The first kappa shape index (κ1) is 23.5. The topological polar surface area (TPSA) is 67.0 Å². The quantitative estimate of drug-likeness (QED) is 0.652. The van der Waals surface area contributed by atoms with Crippen LogP contribution in [0.1, 0.15) is 55.6 Å². The number of hydrogen-bond acceptors (Lipinski definition) is 5. The van der Waals surface area contributed by atoms with E-state index in [0.29, 0.717) is 0 Å². The fraction of sp³-hybridized carbons (Fsp3) is 0.481. The van der Waals surface area contributed by atoms with E-state index >= 15 is 0 Å². The number of rotatable bonds is 1. The second kappa shape index (κ2) is 9.27. The SMILES string of the molecule is CC(C)(C)OC(=O)N1CCNCC1.Cc1ccc2c(c1)C(C1(C)CO1)=Cc1cccnc1C2. The molecule has 1 N–H and O–H groups in total. The molecule has 176 valence electrons. The van der Waals surface area contributed by atoms with E-state index in [1.807, 2.05) is 33.0 Å². The summed E-state index contributed by atoms with van der Waals surface area (Å²) in [6.45, 7) is 14.0. The Morgan fingerprint density at radius 3 is 2.61 bits per heavy atom. The largest absolute Gasteiger partial charge is 0.444 e. The van der Waals surface area contributed by atoms with Crippen LogP contribution in [0.15, 0.2) is 36.5 Å². The number of amides is 1. The summed E-state index contributed by atoms with van der Waals surface area (Å²) in [7, 11) is 0. The van der Waals surface area contributed by atoms with Crippen LogP contribution in [0.25, 0.3) is 11.6 Å². The van der Waals surface area contributed by atoms with E-state index in [-0.39, 0.29) is 17.3 Å². The maximum absolute atomic E-state index is 11.5. The lowest BCUT2D eigenvalue weighted by Gasteiger charge is -2.30. The Kier molecular flexibility index (Phi) is 6.59. The van der Waals surface area contributed by atoms with Gasteiger partial charge in [-0.2, -0.15) is 0 Å². The average molecular weight is 450 g/mol. The summed E-state index contributed by atoms with van der Waals surface area (Å²) >= 11 is 0. The van der Waals surface area contributed by atoms with Crippen LogP contribution in [0.4, 0.5) is 4.79 Å². The van der Waals surface area contributed by atoms with E-state index in [0.717, 1.165) is 44.9 Å². The van der Waals surface area contributed by atoms with Crippen LogP contribution in [-0.4, -0.2) is 60.0 Å². The van der Waals surface area contributed by atoms with Gasteiger partial charge in [0.15, 0.2) is 0 Å². The minimum absolute atomic E-state index is 0.125. The molecule has 1 aromatic carbocycles. The third-order valence-electron chi connectivity index (χ3n) is 6.05. The van der Waals surface area contributed by atoms with Crippen LogP contribution in [0.5, 0.6) is 0 Å². The molecule has 2 saturated heterocycles. The van der Waals surface area contributed by atoms with Crippen molar-refractivity contribution < 1.29 is 14.3 Å². The highest BCUT2D eigenvalue weighted by Gasteiger charge is 2.44. The Labute approximate surface area is 197 Å². The Morgan fingerprint density at radius 2 is 1.94 bits per heavy atom. The number of fused-ring (bicyclic) bond motifs is 2. The predicted octanol–water partition coefficient (Wildman–Crippen LogP) is 4.45. The number of nitrogens with zero attached hydrogens (tertiary/aromatic N) is 2. The van der Waals surface area contributed by atoms with Crippen molar-refractivity contribution in [2.45, 2.75) is 52.2 Å². The molecule has 6 heteroatoms. The molecule has 0 spiro atoms. The summed E-state index contributed by atoms with van der Waals surface area (Å²) < 4.78 is 11.0. The smallest absolute Gasteiger partial charge is 0.410 e. The summed E-state index contributed by atoms with van der Waals surface area (Å²) in [5.41, 5.74) is 7.10. The molecule has 1 aromatic heterocycles. The highest BCUT2D eigenvalue weighted by atomic mass is 16.6. The molecule has 5 rings (SSSR count). The fourth-order valence-electron chi connectivity index (χ4n) is 4.11. The van der Waals surface area contributed by atoms with Gasteiger partial charge in [-0.3, -0.25) is 4.98 Å². The lowest BCUT2D eigenvalue weighted by atomic mass is 9.89. The van der Waals surface area contributed by atoms with Gasteiger partial charge in [0.2, 0.25) is 0 Å². The second-order valence-electron chi connectivity index (χ2n) is 10.2. The number of aromatic nitrogens is 1. The number of carbonyl (C=O) groups excluding carboxylic acids is 1. The van der Waals surface area contributed by atoms with Gasteiger partial charge in [-0.1, -0.05) is 29.8 Å². The van der Waals surface area contributed by atoms with E-state index in [1.165, 1.54) is 27.8 Å². The van der Waals surface area contributed by atoms with Gasteiger partial charge in [-0.05, 0) is 69.0 Å². The van der Waals surface area contributed by atoms with Crippen LogP contribution in [0.3, 0.4) is 0 Å². The number of hydrogen-bond donors (Lipinski definition) is 1. The zero-order chi connectivity index (χ0) is 23.6. The van der Waals surface area contributed by atoms with E-state index in [4.69, 9.17) is 9.47 Å². The first-order valence-electron chi connectivity index (χ1n) is 11.7. The molecule has 0 bridgehead atoms. The lowest BCUT2D eigenvalue weighted by Crippen LogP contribution is -2.48. The third kappa shape index (κ3) is 5.81. The maximum Gasteiger partial charge on any atom is 0.410 e. The van der Waals surface area contributed by atoms with Gasteiger partial charge in [0.25, 0.3) is 0 Å². The second-order valence-corrected chi connectivity index (χ2v) is 10.2. The number of pyridine rings is 1. The first-order chi connectivity index (χ1) is 15.6. The highest BCUT2D eigenvalue weighted by Crippen LogP contribution is 2.44. The number of epoxide rings is 1. The van der Waals surface area contributed by atoms with Crippen LogP contribution in [0, 0.1) is 6.92 Å². The van der Waals surface area contributed by atoms with E-state index < -0.39 is 0 Å². The summed E-state index contributed by atoms with van der Waals surface area (Å²) in [5, 5.41) is 3.18. The minimum Gasteiger partial charge on any atom is -0.444 e. The van der Waals surface area contributed by atoms with Gasteiger partial charge in [0.05, 0.1) is 12.3 Å². The van der Waals surface area contributed by atoms with E-state index in [9.17, 15) is 4.79 Å². The molecule has 3 heterocycles. The summed E-state index contributed by atoms with van der Waals surface area (Å²) in [5.74, 6) is 0. The van der Waals surface area contributed by atoms with E-state index in [1.54, 1.807) is 4.90 Å². The number of piperazine rings is 1. The van der Waals surface area contributed by atoms with Gasteiger partial charge in [0.1, 0.15) is 11.2 Å². The first-order valence-corrected chi connectivity index (χ1v) is 11.7. The Balaban J connectivity index is 0.000000174. The Hall–Kier alpha value is -2.70. The third-order valence-corrected chi connectivity index (χ3v) is 6.05. The molecule has 0 radical (unpaired) electrons. The van der Waals surface area contributed by atoms with Crippen LogP contribution in [-0.2, 0) is 15.9 Å². The molecule has 6 nitrogen and oxygen atoms in total. The highest BCUT2D eigenvalue weighted by molar-refractivity contribution is 5.90. The van der Waals surface area contributed by atoms with Crippen molar-refractivity contribution in [1.82, 2.24) is 15.2 Å². The number of aryl methyl sites for hydroxylation is 1. The molecule has 2 fully saturated rings. The zero-order valence-corrected chi connectivity index (χ0v) is 20.4. The van der Waals surface area contributed by atoms with Gasteiger partial charge in [-0.25, -0.2) is 4.79 Å². The van der Waals surface area contributed by atoms with Crippen molar-refractivity contribution in [2.75, 3.05) is 32.8 Å². The van der Waals surface area contributed by atoms with Crippen molar-refractivity contribution >= 4 is 17.7 Å². The van der Waals surface area contributed by atoms with Crippen LogP contribution >= 0.6 is 0 Å². The van der Waals surface area contributed by atoms with Crippen molar-refractivity contribution in [3.05, 3.63) is 64.5 Å². The molecule has 1 amide bonds. The number of carbonyl (C=O) groups is 1. The van der Waals surface area contributed by atoms with Crippen molar-refractivity contribution in [1.29, 1.82) is 0 Å². The van der Waals surface area contributed by atoms with Crippen LogP contribution < -0.4 is 5.32 Å². The predicted molar refractivity (Wildman–Crippen MR) is 131 cm³/mol. The molecular formula is C27H35N3O3. The van der Waals surface area contributed by atoms with Gasteiger partial charge in [0, 0.05) is 38.8 Å². The minimum atomic E-state index is -0.387. The summed E-state index contributed by atoms with van der Waals surface area (Å²) in [4.78, 5) is 17.8. The summed E-state index contributed by atoms with van der Waals surface area (Å²) in [6, 6.07) is 10.8. The monoisotopic (exact) mass is 449 g/mol. The van der Waals surface area contributed by atoms with Crippen molar-refractivity contribution in [2.24, 2.45) is 0 Å². The average Bonchev–Trinajstić information content (AvgIpc) is 3.54. The molecule has 33 heavy (non-hydrogen) atoms. The maximum atomic E-state index is 11.5. The molecule has 0 saturated carbocycles. The standard InChI is InChI=1S/C18H17NO.C9H18N2O2/c1-12-5-6-13-10-17-14(4-3-7-19-17)9-16(15(13)8-12)18(2)11-20-18;1-9(2,3)13-8(12)11-6-4-10-5-7-11/h3-9H,10-11H2,1-2H3;10H,4-7H2,1-3H3. The normalized spacial score (nSPS) is 21.5. The van der Waals surface area contributed by atoms with Gasteiger partial charge < -0.3 is 19.7 Å². The van der Waals surface area contributed by atoms with Gasteiger partial charge >= 0.3 is 6.09 Å². The van der Waals surface area contributed by atoms with Crippen LogP contribution in [0.2, 0.25) is 0 Å².